The van der Waals surface area contributed by atoms with Crippen molar-refractivity contribution in [1.29, 1.82) is 0 Å². The van der Waals surface area contributed by atoms with E-state index in [1.807, 2.05) is 36.4 Å². The quantitative estimate of drug-likeness (QED) is 0.506. The molecule has 0 N–H and O–H groups in total. The van der Waals surface area contributed by atoms with Crippen molar-refractivity contribution in [1.82, 2.24) is 9.97 Å². The number of pyridine rings is 1. The summed E-state index contributed by atoms with van der Waals surface area (Å²) in [5, 5.41) is 1.18. The number of rotatable bonds is 1. The van der Waals surface area contributed by atoms with Crippen LogP contribution in [-0.4, -0.2) is 9.97 Å². The van der Waals surface area contributed by atoms with E-state index in [-0.39, 0.29) is 0 Å². The molecule has 0 aliphatic heterocycles. The molecule has 3 nitrogen and oxygen atoms in total. The van der Waals surface area contributed by atoms with Gasteiger partial charge in [-0.25, -0.2) is 9.97 Å². The minimum absolute atomic E-state index is 0.571. The highest BCUT2D eigenvalue weighted by molar-refractivity contribution is 5.85. The maximum Gasteiger partial charge on any atom is 0.246 e. The molecule has 3 heteroatoms. The van der Waals surface area contributed by atoms with Gasteiger partial charge in [-0.1, -0.05) is 23.8 Å². The minimum atomic E-state index is 0.571. The zero-order chi connectivity index (χ0) is 14.4. The van der Waals surface area contributed by atoms with Gasteiger partial charge in [0.2, 0.25) is 5.89 Å². The van der Waals surface area contributed by atoms with E-state index in [2.05, 4.69) is 35.9 Å². The van der Waals surface area contributed by atoms with Gasteiger partial charge < -0.3 is 4.42 Å². The predicted octanol–water partition coefficient (Wildman–Crippen LogP) is 4.66. The van der Waals surface area contributed by atoms with E-state index in [4.69, 9.17) is 4.42 Å². The van der Waals surface area contributed by atoms with E-state index in [1.54, 1.807) is 0 Å². The van der Waals surface area contributed by atoms with Gasteiger partial charge in [0, 0.05) is 5.39 Å². The van der Waals surface area contributed by atoms with Gasteiger partial charge in [0.05, 0.1) is 5.52 Å². The van der Waals surface area contributed by atoms with Crippen molar-refractivity contribution in [3.05, 3.63) is 59.7 Å². The fraction of sp³-hybridized carbons (Fsp3) is 0.111. The Morgan fingerprint density at radius 2 is 1.71 bits per heavy atom. The monoisotopic (exact) mass is 274 g/mol. The molecule has 2 aromatic carbocycles. The number of hydrogen-bond acceptors (Lipinski definition) is 3. The first-order valence-electron chi connectivity index (χ1n) is 6.95. The number of aryl methyl sites for hydroxylation is 2. The van der Waals surface area contributed by atoms with Crippen molar-refractivity contribution in [2.24, 2.45) is 0 Å². The van der Waals surface area contributed by atoms with Crippen LogP contribution >= 0.6 is 0 Å². The summed E-state index contributed by atoms with van der Waals surface area (Å²) in [6.45, 7) is 4.18. The van der Waals surface area contributed by atoms with Crippen molar-refractivity contribution in [2.45, 2.75) is 13.8 Å². The lowest BCUT2D eigenvalue weighted by Crippen LogP contribution is -1.89. The van der Waals surface area contributed by atoms with Gasteiger partial charge in [0.25, 0.3) is 0 Å². The van der Waals surface area contributed by atoms with Gasteiger partial charge in [0.15, 0.2) is 5.58 Å². The van der Waals surface area contributed by atoms with Crippen molar-refractivity contribution < 1.29 is 4.42 Å². The number of nitrogens with zero attached hydrogens (tertiary/aromatic N) is 2. The lowest BCUT2D eigenvalue weighted by Gasteiger charge is -2.05. The molecule has 102 valence electrons. The largest absolute Gasteiger partial charge is 0.435 e. The molecule has 4 aromatic rings. The summed E-state index contributed by atoms with van der Waals surface area (Å²) in [7, 11) is 0. The maximum absolute atomic E-state index is 5.81. The molecule has 0 aliphatic carbocycles. The number of fused-ring (bicyclic) bond motifs is 2. The summed E-state index contributed by atoms with van der Waals surface area (Å²) in [5.41, 5.74) is 5.81. The third-order valence-electron chi connectivity index (χ3n) is 3.68. The van der Waals surface area contributed by atoms with Crippen LogP contribution in [0.25, 0.3) is 33.6 Å². The molecule has 0 radical (unpaired) electrons. The van der Waals surface area contributed by atoms with E-state index in [1.165, 1.54) is 16.5 Å². The average molecular weight is 274 g/mol. The van der Waals surface area contributed by atoms with Crippen LogP contribution in [0.5, 0.6) is 0 Å². The van der Waals surface area contributed by atoms with Gasteiger partial charge in [-0.05, 0) is 49.7 Å². The molecule has 4 rings (SSSR count). The number of benzene rings is 2. The molecule has 0 aliphatic rings. The average Bonchev–Trinajstić information content (AvgIpc) is 2.92. The Kier molecular flexibility index (Phi) is 2.54. The Bertz CT molecular complexity index is 936. The lowest BCUT2D eigenvalue weighted by atomic mass is 10.1. The van der Waals surface area contributed by atoms with Crippen molar-refractivity contribution in [3.8, 4) is 11.6 Å². The summed E-state index contributed by atoms with van der Waals surface area (Å²) in [4.78, 5) is 9.21. The number of aromatic nitrogens is 2. The summed E-state index contributed by atoms with van der Waals surface area (Å²) in [6, 6.07) is 16.1. The molecule has 0 fully saturated rings. The summed E-state index contributed by atoms with van der Waals surface area (Å²) < 4.78 is 5.81. The van der Waals surface area contributed by atoms with Crippen LogP contribution in [0.2, 0.25) is 0 Å². The second kappa shape index (κ2) is 4.42. The summed E-state index contributed by atoms with van der Waals surface area (Å²) in [6.07, 6.45) is 0. The van der Waals surface area contributed by atoms with E-state index in [0.29, 0.717) is 5.89 Å². The highest BCUT2D eigenvalue weighted by Crippen LogP contribution is 2.27. The molecule has 0 saturated carbocycles. The Balaban J connectivity index is 1.95. The summed E-state index contributed by atoms with van der Waals surface area (Å²) >= 11 is 0. The molecule has 21 heavy (non-hydrogen) atoms. The van der Waals surface area contributed by atoms with E-state index in [0.717, 1.165) is 22.3 Å². The van der Waals surface area contributed by atoms with Gasteiger partial charge in [-0.15, -0.1) is 0 Å². The highest BCUT2D eigenvalue weighted by atomic mass is 16.3. The SMILES string of the molecule is Cc1ccc2nc(-c3nc4ccccc4o3)cc(C)c2c1. The Morgan fingerprint density at radius 1 is 0.857 bits per heavy atom. The van der Waals surface area contributed by atoms with Gasteiger partial charge in [-0.2, -0.15) is 0 Å². The highest BCUT2D eigenvalue weighted by Gasteiger charge is 2.11. The molecule has 0 atom stereocenters. The first-order chi connectivity index (χ1) is 10.2. The number of hydrogen-bond donors (Lipinski definition) is 0. The first-order valence-corrected chi connectivity index (χ1v) is 6.95. The molecular formula is C18H14N2O. The van der Waals surface area contributed by atoms with Crippen LogP contribution in [0.1, 0.15) is 11.1 Å². The van der Waals surface area contributed by atoms with E-state index < -0.39 is 0 Å². The molecule has 2 aromatic heterocycles. The Labute approximate surface area is 122 Å². The third kappa shape index (κ3) is 1.98. The zero-order valence-electron chi connectivity index (χ0n) is 11.9. The van der Waals surface area contributed by atoms with Gasteiger partial charge in [0.1, 0.15) is 11.2 Å². The lowest BCUT2D eigenvalue weighted by molar-refractivity contribution is 0.617. The Hall–Kier alpha value is -2.68. The van der Waals surface area contributed by atoms with E-state index >= 15 is 0 Å². The number of oxazole rings is 1. The fourth-order valence-electron chi connectivity index (χ4n) is 2.60. The topological polar surface area (TPSA) is 38.9 Å². The van der Waals surface area contributed by atoms with Crippen LogP contribution < -0.4 is 0 Å². The van der Waals surface area contributed by atoms with Gasteiger partial charge in [-0.3, -0.25) is 0 Å². The molecule has 2 heterocycles. The molecule has 0 saturated heterocycles. The van der Waals surface area contributed by atoms with Crippen molar-refractivity contribution >= 4 is 22.0 Å². The van der Waals surface area contributed by atoms with E-state index in [9.17, 15) is 0 Å². The van der Waals surface area contributed by atoms with Crippen molar-refractivity contribution in [2.75, 3.05) is 0 Å². The predicted molar refractivity (Wildman–Crippen MR) is 84.2 cm³/mol. The smallest absolute Gasteiger partial charge is 0.246 e. The second-order valence-electron chi connectivity index (χ2n) is 5.33. The third-order valence-corrected chi connectivity index (χ3v) is 3.68. The van der Waals surface area contributed by atoms with Crippen LogP contribution in [0, 0.1) is 13.8 Å². The Morgan fingerprint density at radius 3 is 2.57 bits per heavy atom. The zero-order valence-corrected chi connectivity index (χ0v) is 11.9. The van der Waals surface area contributed by atoms with Crippen LogP contribution in [0.4, 0.5) is 0 Å². The summed E-state index contributed by atoms with van der Waals surface area (Å²) in [5.74, 6) is 0.571. The minimum Gasteiger partial charge on any atom is -0.435 e. The standard InChI is InChI=1S/C18H14N2O/c1-11-7-8-14-13(9-11)12(2)10-16(19-14)18-20-15-5-3-4-6-17(15)21-18/h3-10H,1-2H3. The first kappa shape index (κ1) is 12.1. The van der Waals surface area contributed by atoms with Crippen molar-refractivity contribution in [3.63, 3.8) is 0 Å². The second-order valence-corrected chi connectivity index (χ2v) is 5.33. The van der Waals surface area contributed by atoms with Crippen LogP contribution in [-0.2, 0) is 0 Å². The molecule has 0 unspecified atom stereocenters. The normalized spacial score (nSPS) is 11.3. The fourth-order valence-corrected chi connectivity index (χ4v) is 2.60. The van der Waals surface area contributed by atoms with Crippen LogP contribution in [0.15, 0.2) is 52.9 Å². The molecule has 0 spiro atoms. The maximum atomic E-state index is 5.81. The molecule has 0 bridgehead atoms. The number of para-hydroxylation sites is 2. The van der Waals surface area contributed by atoms with Crippen LogP contribution in [0.3, 0.4) is 0 Å². The molecular weight excluding hydrogens is 260 g/mol. The van der Waals surface area contributed by atoms with Gasteiger partial charge >= 0.3 is 0 Å². The molecule has 0 amide bonds.